The number of nitrogens with one attached hydrogen (secondary N) is 1. The van der Waals surface area contributed by atoms with Crippen molar-refractivity contribution in [2.24, 2.45) is 0 Å². The number of benzene rings is 1. The third kappa shape index (κ3) is 6.58. The van der Waals surface area contributed by atoms with Gasteiger partial charge in [0.1, 0.15) is 0 Å². The van der Waals surface area contributed by atoms with E-state index in [2.05, 4.69) is 60.5 Å². The predicted octanol–water partition coefficient (Wildman–Crippen LogP) is 3.02. The highest BCUT2D eigenvalue weighted by molar-refractivity contribution is 5.48. The number of nitrogens with zero attached hydrogens (tertiary/aromatic N) is 1. The van der Waals surface area contributed by atoms with Crippen molar-refractivity contribution in [3.8, 4) is 0 Å². The minimum atomic E-state index is 0.952. The van der Waals surface area contributed by atoms with Crippen LogP contribution in [0, 0.1) is 0 Å². The molecule has 1 N–H and O–H groups in total. The lowest BCUT2D eigenvalue weighted by molar-refractivity contribution is 0.298. The van der Waals surface area contributed by atoms with E-state index >= 15 is 0 Å². The molecule has 0 heterocycles. The van der Waals surface area contributed by atoms with Crippen molar-refractivity contribution in [2.75, 3.05) is 32.7 Å². The fraction of sp³-hybridized carbons (Fsp3) is 0.500. The summed E-state index contributed by atoms with van der Waals surface area (Å²) in [6.45, 7) is 10.00. The zero-order valence-electron chi connectivity index (χ0n) is 11.7. The van der Waals surface area contributed by atoms with Crippen molar-refractivity contribution in [1.82, 2.24) is 10.2 Å². The zero-order valence-corrected chi connectivity index (χ0v) is 11.7. The molecule has 0 saturated carbocycles. The second kappa shape index (κ2) is 9.86. The third-order valence-electron chi connectivity index (χ3n) is 3.09. The van der Waals surface area contributed by atoms with Gasteiger partial charge in [-0.1, -0.05) is 56.3 Å². The quantitative estimate of drug-likeness (QED) is 0.674. The Labute approximate surface area is 112 Å². The van der Waals surface area contributed by atoms with Gasteiger partial charge >= 0.3 is 0 Å². The Kier molecular flexibility index (Phi) is 8.19. The Balaban J connectivity index is 2.03. The van der Waals surface area contributed by atoms with E-state index in [0.29, 0.717) is 0 Å². The molecule has 0 fully saturated rings. The minimum Gasteiger partial charge on any atom is -0.313 e. The van der Waals surface area contributed by atoms with Gasteiger partial charge in [0.25, 0.3) is 0 Å². The fourth-order valence-electron chi connectivity index (χ4n) is 1.91. The molecule has 0 amide bonds. The van der Waals surface area contributed by atoms with Gasteiger partial charge in [0.05, 0.1) is 0 Å². The SMILES string of the molecule is CCN(CC)CCCNCC=Cc1ccccc1. The van der Waals surface area contributed by atoms with Crippen LogP contribution < -0.4 is 5.32 Å². The van der Waals surface area contributed by atoms with Crippen LogP contribution in [0.1, 0.15) is 25.8 Å². The van der Waals surface area contributed by atoms with E-state index in [1.54, 1.807) is 0 Å². The van der Waals surface area contributed by atoms with Gasteiger partial charge in [-0.05, 0) is 38.2 Å². The van der Waals surface area contributed by atoms with Gasteiger partial charge in [0.2, 0.25) is 0 Å². The van der Waals surface area contributed by atoms with Crippen LogP contribution in [-0.2, 0) is 0 Å². The molecule has 0 aliphatic rings. The summed E-state index contributed by atoms with van der Waals surface area (Å²) < 4.78 is 0. The van der Waals surface area contributed by atoms with Gasteiger partial charge in [-0.3, -0.25) is 0 Å². The molecule has 0 atom stereocenters. The average Bonchev–Trinajstić information content (AvgIpc) is 2.43. The smallest absolute Gasteiger partial charge is 0.0138 e. The molecular formula is C16H26N2. The van der Waals surface area contributed by atoms with E-state index < -0.39 is 0 Å². The summed E-state index contributed by atoms with van der Waals surface area (Å²) in [5.74, 6) is 0. The fourth-order valence-corrected chi connectivity index (χ4v) is 1.91. The second-order valence-electron chi connectivity index (χ2n) is 4.40. The summed E-state index contributed by atoms with van der Waals surface area (Å²) in [6, 6.07) is 10.4. The Hall–Kier alpha value is -1.12. The van der Waals surface area contributed by atoms with E-state index in [4.69, 9.17) is 0 Å². The van der Waals surface area contributed by atoms with Gasteiger partial charge in [0, 0.05) is 6.54 Å². The van der Waals surface area contributed by atoms with Gasteiger partial charge in [-0.2, -0.15) is 0 Å². The van der Waals surface area contributed by atoms with Gasteiger partial charge in [-0.15, -0.1) is 0 Å². The van der Waals surface area contributed by atoms with Gasteiger partial charge < -0.3 is 10.2 Å². The maximum absolute atomic E-state index is 3.45. The molecule has 0 unspecified atom stereocenters. The maximum atomic E-state index is 3.45. The van der Waals surface area contributed by atoms with Crippen molar-refractivity contribution in [3.63, 3.8) is 0 Å². The summed E-state index contributed by atoms with van der Waals surface area (Å²) in [4.78, 5) is 2.46. The highest BCUT2D eigenvalue weighted by atomic mass is 15.1. The van der Waals surface area contributed by atoms with E-state index in [1.165, 1.54) is 18.5 Å². The first-order valence-electron chi connectivity index (χ1n) is 7.01. The van der Waals surface area contributed by atoms with Crippen LogP contribution in [0.4, 0.5) is 0 Å². The van der Waals surface area contributed by atoms with E-state index in [-0.39, 0.29) is 0 Å². The Bertz CT molecular complexity index is 315. The number of hydrogen-bond acceptors (Lipinski definition) is 2. The van der Waals surface area contributed by atoms with Crippen molar-refractivity contribution < 1.29 is 0 Å². The van der Waals surface area contributed by atoms with Crippen molar-refractivity contribution >= 4 is 6.08 Å². The lowest BCUT2D eigenvalue weighted by Gasteiger charge is -2.17. The van der Waals surface area contributed by atoms with Gasteiger partial charge in [-0.25, -0.2) is 0 Å². The molecule has 2 heteroatoms. The lowest BCUT2D eigenvalue weighted by Crippen LogP contribution is -2.27. The van der Waals surface area contributed by atoms with Crippen molar-refractivity contribution in [2.45, 2.75) is 20.3 Å². The first-order chi connectivity index (χ1) is 8.86. The molecular weight excluding hydrogens is 220 g/mol. The van der Waals surface area contributed by atoms with E-state index in [1.807, 2.05) is 6.07 Å². The molecule has 0 bridgehead atoms. The molecule has 0 saturated heterocycles. The highest BCUT2D eigenvalue weighted by Gasteiger charge is 1.96. The second-order valence-corrected chi connectivity index (χ2v) is 4.40. The summed E-state index contributed by atoms with van der Waals surface area (Å²) in [5, 5.41) is 3.45. The molecule has 0 aliphatic heterocycles. The summed E-state index contributed by atoms with van der Waals surface area (Å²) in [7, 11) is 0. The van der Waals surface area contributed by atoms with Crippen molar-refractivity contribution in [3.05, 3.63) is 42.0 Å². The standard InChI is InChI=1S/C16H26N2/c1-3-18(4-2)15-9-14-17-13-8-12-16-10-6-5-7-11-16/h5-8,10-12,17H,3-4,9,13-15H2,1-2H3. The molecule has 0 aromatic heterocycles. The van der Waals surface area contributed by atoms with Crippen LogP contribution in [0.15, 0.2) is 36.4 Å². The molecule has 1 rings (SSSR count). The van der Waals surface area contributed by atoms with E-state index in [9.17, 15) is 0 Å². The largest absolute Gasteiger partial charge is 0.313 e. The predicted molar refractivity (Wildman–Crippen MR) is 80.8 cm³/mol. The zero-order chi connectivity index (χ0) is 13.1. The maximum Gasteiger partial charge on any atom is 0.0138 e. The molecule has 1 aromatic rings. The Morgan fingerprint density at radius 3 is 2.50 bits per heavy atom. The lowest BCUT2D eigenvalue weighted by atomic mass is 10.2. The minimum absolute atomic E-state index is 0.952. The van der Waals surface area contributed by atoms with Gasteiger partial charge in [0.15, 0.2) is 0 Å². The van der Waals surface area contributed by atoms with Crippen LogP contribution in [0.3, 0.4) is 0 Å². The monoisotopic (exact) mass is 246 g/mol. The molecule has 0 radical (unpaired) electrons. The molecule has 18 heavy (non-hydrogen) atoms. The van der Waals surface area contributed by atoms with Crippen LogP contribution in [-0.4, -0.2) is 37.6 Å². The Morgan fingerprint density at radius 1 is 1.11 bits per heavy atom. The molecule has 1 aromatic carbocycles. The van der Waals surface area contributed by atoms with Crippen molar-refractivity contribution in [1.29, 1.82) is 0 Å². The van der Waals surface area contributed by atoms with Crippen LogP contribution >= 0.6 is 0 Å². The normalized spacial score (nSPS) is 11.5. The number of hydrogen-bond donors (Lipinski definition) is 1. The molecule has 2 nitrogen and oxygen atoms in total. The first-order valence-corrected chi connectivity index (χ1v) is 7.01. The topological polar surface area (TPSA) is 15.3 Å². The van der Waals surface area contributed by atoms with Crippen LogP contribution in [0.2, 0.25) is 0 Å². The third-order valence-corrected chi connectivity index (χ3v) is 3.09. The molecule has 0 spiro atoms. The van der Waals surface area contributed by atoms with Crippen LogP contribution in [0.5, 0.6) is 0 Å². The number of rotatable bonds is 9. The summed E-state index contributed by atoms with van der Waals surface area (Å²) in [6.07, 6.45) is 5.57. The van der Waals surface area contributed by atoms with Crippen LogP contribution in [0.25, 0.3) is 6.08 Å². The summed E-state index contributed by atoms with van der Waals surface area (Å²) >= 11 is 0. The molecule has 0 aliphatic carbocycles. The molecule has 100 valence electrons. The highest BCUT2D eigenvalue weighted by Crippen LogP contribution is 1.99. The summed E-state index contributed by atoms with van der Waals surface area (Å²) in [5.41, 5.74) is 1.27. The first kappa shape index (κ1) is 14.9. The average molecular weight is 246 g/mol. The Morgan fingerprint density at radius 2 is 1.83 bits per heavy atom. The van der Waals surface area contributed by atoms with E-state index in [0.717, 1.165) is 26.2 Å².